The Balaban J connectivity index is 1.60. The third kappa shape index (κ3) is 5.30. The van der Waals surface area contributed by atoms with Crippen molar-refractivity contribution in [1.29, 1.82) is 0 Å². The molecule has 0 N–H and O–H groups in total. The SMILES string of the molecule is C=Cn1cc(CN(CCCN2CCOCC2)Cc2ccc(C)o2)c(C)n1. The summed E-state index contributed by atoms with van der Waals surface area (Å²) in [6.45, 7) is 15.5. The first-order valence-electron chi connectivity index (χ1n) is 9.39. The van der Waals surface area contributed by atoms with Gasteiger partial charge in [-0.3, -0.25) is 9.80 Å². The highest BCUT2D eigenvalue weighted by atomic mass is 16.5. The molecule has 3 heterocycles. The highest BCUT2D eigenvalue weighted by molar-refractivity contribution is 5.23. The normalized spacial score (nSPS) is 15.7. The van der Waals surface area contributed by atoms with Crippen molar-refractivity contribution in [1.82, 2.24) is 19.6 Å². The van der Waals surface area contributed by atoms with Gasteiger partial charge in [-0.1, -0.05) is 6.58 Å². The molecule has 2 aromatic rings. The third-order valence-electron chi connectivity index (χ3n) is 4.83. The Labute approximate surface area is 156 Å². The summed E-state index contributed by atoms with van der Waals surface area (Å²) in [4.78, 5) is 4.93. The summed E-state index contributed by atoms with van der Waals surface area (Å²) in [7, 11) is 0. The van der Waals surface area contributed by atoms with Gasteiger partial charge in [-0.25, -0.2) is 4.68 Å². The number of furan rings is 1. The van der Waals surface area contributed by atoms with Crippen LogP contribution in [0.5, 0.6) is 0 Å². The van der Waals surface area contributed by atoms with E-state index >= 15 is 0 Å². The van der Waals surface area contributed by atoms with E-state index in [1.54, 1.807) is 10.9 Å². The van der Waals surface area contributed by atoms with Gasteiger partial charge >= 0.3 is 0 Å². The lowest BCUT2D eigenvalue weighted by molar-refractivity contribution is 0.0358. The maximum absolute atomic E-state index is 5.80. The van der Waals surface area contributed by atoms with Gasteiger partial charge in [-0.2, -0.15) is 5.10 Å². The van der Waals surface area contributed by atoms with Crippen molar-refractivity contribution < 1.29 is 9.15 Å². The fraction of sp³-hybridized carbons (Fsp3) is 0.550. The number of ether oxygens (including phenoxy) is 1. The molecule has 0 unspecified atom stereocenters. The molecule has 6 nitrogen and oxygen atoms in total. The highest BCUT2D eigenvalue weighted by Gasteiger charge is 2.15. The molecule has 1 aliphatic rings. The van der Waals surface area contributed by atoms with E-state index in [1.165, 1.54) is 5.56 Å². The largest absolute Gasteiger partial charge is 0.465 e. The zero-order chi connectivity index (χ0) is 18.4. The lowest BCUT2D eigenvalue weighted by Crippen LogP contribution is -2.38. The van der Waals surface area contributed by atoms with E-state index in [0.29, 0.717) is 0 Å². The number of hydrogen-bond acceptors (Lipinski definition) is 5. The molecule has 0 amide bonds. The van der Waals surface area contributed by atoms with Gasteiger partial charge in [0.15, 0.2) is 0 Å². The van der Waals surface area contributed by atoms with E-state index in [4.69, 9.17) is 9.15 Å². The lowest BCUT2D eigenvalue weighted by atomic mass is 10.2. The Kier molecular flexibility index (Phi) is 6.66. The van der Waals surface area contributed by atoms with Gasteiger partial charge in [0.05, 0.1) is 25.5 Å². The van der Waals surface area contributed by atoms with Gasteiger partial charge in [0.25, 0.3) is 0 Å². The highest BCUT2D eigenvalue weighted by Crippen LogP contribution is 2.15. The van der Waals surface area contributed by atoms with E-state index < -0.39 is 0 Å². The molecular weight excluding hydrogens is 328 g/mol. The molecule has 1 aliphatic heterocycles. The minimum absolute atomic E-state index is 0.815. The van der Waals surface area contributed by atoms with E-state index in [9.17, 15) is 0 Å². The van der Waals surface area contributed by atoms with Crippen molar-refractivity contribution in [2.45, 2.75) is 33.4 Å². The Morgan fingerprint density at radius 1 is 1.23 bits per heavy atom. The molecule has 6 heteroatoms. The lowest BCUT2D eigenvalue weighted by Gasteiger charge is -2.28. The number of rotatable bonds is 9. The zero-order valence-electron chi connectivity index (χ0n) is 16.0. The summed E-state index contributed by atoms with van der Waals surface area (Å²) in [5.74, 6) is 1.98. The summed E-state index contributed by atoms with van der Waals surface area (Å²) in [5, 5.41) is 4.47. The number of aryl methyl sites for hydroxylation is 2. The number of hydrogen-bond donors (Lipinski definition) is 0. The van der Waals surface area contributed by atoms with Gasteiger partial charge in [-0.05, 0) is 38.9 Å². The summed E-state index contributed by atoms with van der Waals surface area (Å²) in [6, 6.07) is 4.10. The summed E-state index contributed by atoms with van der Waals surface area (Å²) >= 11 is 0. The molecule has 0 spiro atoms. The van der Waals surface area contributed by atoms with Crippen LogP contribution in [0.3, 0.4) is 0 Å². The van der Waals surface area contributed by atoms with Gasteiger partial charge in [0.2, 0.25) is 0 Å². The fourth-order valence-corrected chi connectivity index (χ4v) is 3.36. The quantitative estimate of drug-likeness (QED) is 0.690. The van der Waals surface area contributed by atoms with E-state index in [2.05, 4.69) is 40.7 Å². The molecule has 3 rings (SSSR count). The molecule has 0 radical (unpaired) electrons. The summed E-state index contributed by atoms with van der Waals surface area (Å²) < 4.78 is 13.0. The standard InChI is InChI=1S/C20H30N4O2/c1-4-24-15-19(18(3)21-24)14-23(16-20-7-6-17(2)26-20)9-5-8-22-10-12-25-13-11-22/h4,6-7,15H,1,5,8-14,16H2,2-3H3. The molecule has 0 aromatic carbocycles. The molecule has 0 atom stereocenters. The van der Waals surface area contributed by atoms with Gasteiger partial charge in [0, 0.05) is 44.1 Å². The molecule has 26 heavy (non-hydrogen) atoms. The first-order valence-corrected chi connectivity index (χ1v) is 9.39. The number of nitrogens with zero attached hydrogens (tertiary/aromatic N) is 4. The Morgan fingerprint density at radius 2 is 2.04 bits per heavy atom. The average molecular weight is 358 g/mol. The third-order valence-corrected chi connectivity index (χ3v) is 4.83. The maximum atomic E-state index is 5.80. The molecule has 0 saturated carbocycles. The van der Waals surface area contributed by atoms with Crippen LogP contribution in [0.25, 0.3) is 6.20 Å². The van der Waals surface area contributed by atoms with Crippen LogP contribution < -0.4 is 0 Å². The predicted octanol–water partition coefficient (Wildman–Crippen LogP) is 2.92. The second-order valence-electron chi connectivity index (χ2n) is 6.93. The maximum Gasteiger partial charge on any atom is 0.118 e. The second-order valence-corrected chi connectivity index (χ2v) is 6.93. The average Bonchev–Trinajstić information content (AvgIpc) is 3.21. The Morgan fingerprint density at radius 3 is 2.69 bits per heavy atom. The smallest absolute Gasteiger partial charge is 0.118 e. The van der Waals surface area contributed by atoms with Crippen molar-refractivity contribution in [3.05, 3.63) is 47.7 Å². The van der Waals surface area contributed by atoms with Crippen LogP contribution in [0.1, 0.15) is 29.2 Å². The monoisotopic (exact) mass is 358 g/mol. The summed E-state index contributed by atoms with van der Waals surface area (Å²) in [6.07, 6.45) is 4.92. The molecule has 0 bridgehead atoms. The first-order chi connectivity index (χ1) is 12.6. The molecule has 0 aliphatic carbocycles. The topological polar surface area (TPSA) is 46.7 Å². The van der Waals surface area contributed by atoms with Crippen molar-refractivity contribution in [2.24, 2.45) is 0 Å². The molecule has 2 aromatic heterocycles. The van der Waals surface area contributed by atoms with Crippen LogP contribution in [0.2, 0.25) is 0 Å². The minimum Gasteiger partial charge on any atom is -0.465 e. The van der Waals surface area contributed by atoms with Crippen molar-refractivity contribution in [3.8, 4) is 0 Å². The molecular formula is C20H30N4O2. The van der Waals surface area contributed by atoms with Gasteiger partial charge in [-0.15, -0.1) is 0 Å². The molecule has 1 fully saturated rings. The molecule has 1 saturated heterocycles. The summed E-state index contributed by atoms with van der Waals surface area (Å²) in [5.41, 5.74) is 2.29. The van der Waals surface area contributed by atoms with Crippen molar-refractivity contribution in [2.75, 3.05) is 39.4 Å². The first kappa shape index (κ1) is 18.9. The van der Waals surface area contributed by atoms with Crippen molar-refractivity contribution >= 4 is 6.20 Å². The fourth-order valence-electron chi connectivity index (χ4n) is 3.36. The molecule has 142 valence electrons. The number of aromatic nitrogens is 2. The van der Waals surface area contributed by atoms with E-state index in [-0.39, 0.29) is 0 Å². The van der Waals surface area contributed by atoms with Crippen molar-refractivity contribution in [3.63, 3.8) is 0 Å². The van der Waals surface area contributed by atoms with Gasteiger partial charge < -0.3 is 9.15 Å². The Hall–Kier alpha value is -1.89. The van der Waals surface area contributed by atoms with Crippen LogP contribution in [0.15, 0.2) is 29.3 Å². The van der Waals surface area contributed by atoms with Crippen LogP contribution in [-0.2, 0) is 17.8 Å². The van der Waals surface area contributed by atoms with E-state index in [1.807, 2.05) is 13.0 Å². The predicted molar refractivity (Wildman–Crippen MR) is 103 cm³/mol. The minimum atomic E-state index is 0.815. The van der Waals surface area contributed by atoms with Crippen LogP contribution in [0, 0.1) is 13.8 Å². The van der Waals surface area contributed by atoms with Crippen LogP contribution >= 0.6 is 0 Å². The zero-order valence-corrected chi connectivity index (χ0v) is 16.0. The van der Waals surface area contributed by atoms with E-state index in [0.717, 1.165) is 76.1 Å². The Bertz CT molecular complexity index is 700. The van der Waals surface area contributed by atoms with Crippen LogP contribution in [-0.4, -0.2) is 59.0 Å². The number of morpholine rings is 1. The van der Waals surface area contributed by atoms with Crippen LogP contribution in [0.4, 0.5) is 0 Å². The second kappa shape index (κ2) is 9.16. The van der Waals surface area contributed by atoms with Gasteiger partial charge in [0.1, 0.15) is 11.5 Å².